The zero-order valence-corrected chi connectivity index (χ0v) is 32.9. The summed E-state index contributed by atoms with van der Waals surface area (Å²) in [4.78, 5) is 3.67. The van der Waals surface area contributed by atoms with Gasteiger partial charge < -0.3 is 9.84 Å². The first-order chi connectivity index (χ1) is 22.5. The van der Waals surface area contributed by atoms with Crippen LogP contribution in [0.15, 0.2) is 124 Å². The van der Waals surface area contributed by atoms with E-state index in [1.54, 1.807) is 34.4 Å². The van der Waals surface area contributed by atoms with Gasteiger partial charge in [0.1, 0.15) is 10.8 Å². The number of hydrogen-bond donors (Lipinski definition) is 0. The van der Waals surface area contributed by atoms with Gasteiger partial charge in [-0.3, -0.25) is 0 Å². The molecule has 0 saturated carbocycles. The van der Waals surface area contributed by atoms with Crippen molar-refractivity contribution in [2.24, 2.45) is 0 Å². The van der Waals surface area contributed by atoms with Crippen molar-refractivity contribution in [1.82, 2.24) is 0 Å². The van der Waals surface area contributed by atoms with Crippen LogP contribution in [-0.2, 0) is 26.2 Å². The summed E-state index contributed by atoms with van der Waals surface area (Å²) >= 11 is 31.3. The van der Waals surface area contributed by atoms with E-state index in [9.17, 15) is 5.11 Å². The van der Waals surface area contributed by atoms with Crippen LogP contribution in [0.1, 0.15) is 14.6 Å². The van der Waals surface area contributed by atoms with E-state index in [4.69, 9.17) is 51.1 Å². The minimum atomic E-state index is -0.639. The van der Waals surface area contributed by atoms with Crippen LogP contribution in [0.5, 0.6) is 11.5 Å². The SMILES string of the molecule is [CH]1C=CC=C1.[CH]1C=CC=C1.[O-]c1c(Cl)c(Cl)c(Cl)c(Cl)c1O/C(=C(\C(=C=C1C=C[CH]S1)c1cccs1)c1cccs1)c1cccs1.[Zr]. The molecule has 47 heavy (non-hydrogen) atoms. The second kappa shape index (κ2) is 19.5. The largest absolute Gasteiger partial charge is 0.869 e. The first-order valence-electron chi connectivity index (χ1n) is 13.5. The Hall–Kier alpha value is -1.73. The molecular weight excluding hydrogens is 826 g/mol. The van der Waals surface area contributed by atoms with Gasteiger partial charge in [-0.05, 0) is 46.2 Å². The number of hydrogen-bond acceptors (Lipinski definition) is 6. The molecule has 1 aliphatic heterocycles. The van der Waals surface area contributed by atoms with Crippen molar-refractivity contribution in [1.29, 1.82) is 0 Å². The molecule has 0 fully saturated rings. The fourth-order valence-electron chi connectivity index (χ4n) is 3.97. The first kappa shape index (κ1) is 38.1. The summed E-state index contributed by atoms with van der Waals surface area (Å²) in [7, 11) is 0. The van der Waals surface area contributed by atoms with Gasteiger partial charge in [-0.25, -0.2) is 0 Å². The molecule has 1 aromatic carbocycles. The van der Waals surface area contributed by atoms with Crippen molar-refractivity contribution in [2.45, 2.75) is 0 Å². The number of benzene rings is 1. The Kier molecular flexibility index (Phi) is 15.8. The third-order valence-corrected chi connectivity index (χ3v) is 11.2. The summed E-state index contributed by atoms with van der Waals surface area (Å²) in [6, 6.07) is 11.8. The second-order valence-corrected chi connectivity index (χ2v) is 14.4. The van der Waals surface area contributed by atoms with Gasteiger partial charge in [0.25, 0.3) is 0 Å². The fraction of sp³-hybridized carbons (Fsp3) is 0. The Labute approximate surface area is 330 Å². The normalized spacial score (nSPS) is 14.2. The molecule has 0 unspecified atom stereocenters. The number of allylic oxidation sites excluding steroid dienone is 10. The molecule has 4 aromatic rings. The molecule has 7 rings (SSSR count). The second-order valence-electron chi connectivity index (χ2n) is 9.05. The van der Waals surface area contributed by atoms with Crippen molar-refractivity contribution >= 4 is 109 Å². The molecule has 0 amide bonds. The Morgan fingerprint density at radius 3 is 1.64 bits per heavy atom. The van der Waals surface area contributed by atoms with E-state index in [0.717, 1.165) is 30.7 Å². The molecule has 2 aliphatic carbocycles. The number of thioether (sulfide) groups is 1. The molecule has 0 spiro atoms. The Morgan fingerprint density at radius 2 is 1.17 bits per heavy atom. The Morgan fingerprint density at radius 1 is 0.638 bits per heavy atom. The van der Waals surface area contributed by atoms with Gasteiger partial charge in [0.05, 0.1) is 30.4 Å². The van der Waals surface area contributed by atoms with Crippen molar-refractivity contribution in [3.63, 3.8) is 0 Å². The van der Waals surface area contributed by atoms with Crippen LogP contribution in [0.2, 0.25) is 20.1 Å². The summed E-state index contributed by atoms with van der Waals surface area (Å²) in [5, 5.41) is 18.5. The number of halogens is 4. The van der Waals surface area contributed by atoms with E-state index < -0.39 is 5.75 Å². The van der Waals surface area contributed by atoms with Gasteiger partial charge in [-0.2, -0.15) is 0 Å². The summed E-state index contributed by atoms with van der Waals surface area (Å²) < 4.78 is 6.39. The third-order valence-electron chi connectivity index (χ3n) is 6.02. The minimum absolute atomic E-state index is 0. The van der Waals surface area contributed by atoms with Crippen molar-refractivity contribution in [2.75, 3.05) is 0 Å². The molecule has 11 heteroatoms. The summed E-state index contributed by atoms with van der Waals surface area (Å²) in [5.74, 6) is 1.61. The van der Waals surface area contributed by atoms with Gasteiger partial charge in [-0.15, -0.1) is 45.8 Å². The van der Waals surface area contributed by atoms with E-state index in [1.807, 2.05) is 132 Å². The molecule has 0 bridgehead atoms. The monoisotopic (exact) mass is 844 g/mol. The van der Waals surface area contributed by atoms with Gasteiger partial charge in [0.15, 0.2) is 5.76 Å². The predicted octanol–water partition coefficient (Wildman–Crippen LogP) is 13.2. The third kappa shape index (κ3) is 10.2. The van der Waals surface area contributed by atoms with Crippen molar-refractivity contribution in [3.8, 4) is 11.5 Å². The average molecular weight is 848 g/mol. The topological polar surface area (TPSA) is 32.3 Å². The smallest absolute Gasteiger partial charge is 0.154 e. The Balaban J connectivity index is 0.000000387. The summed E-state index contributed by atoms with van der Waals surface area (Å²) in [6.45, 7) is 0. The molecular formula is C36H22Cl4O2S4Zr-. The van der Waals surface area contributed by atoms with Gasteiger partial charge in [0.2, 0.25) is 0 Å². The van der Waals surface area contributed by atoms with Crippen LogP contribution in [0.25, 0.3) is 16.9 Å². The van der Waals surface area contributed by atoms with Crippen LogP contribution in [-0.4, -0.2) is 0 Å². The number of rotatable bonds is 6. The Bertz CT molecular complexity index is 1820. The van der Waals surface area contributed by atoms with E-state index in [0.29, 0.717) is 5.76 Å². The molecule has 3 aromatic heterocycles. The zero-order valence-electron chi connectivity index (χ0n) is 24.2. The van der Waals surface area contributed by atoms with Crippen LogP contribution in [0.4, 0.5) is 0 Å². The molecule has 235 valence electrons. The van der Waals surface area contributed by atoms with Crippen LogP contribution < -0.4 is 9.84 Å². The maximum Gasteiger partial charge on any atom is 0.154 e. The molecule has 0 saturated heterocycles. The summed E-state index contributed by atoms with van der Waals surface area (Å²) in [5.41, 5.74) is 5.17. The quantitative estimate of drug-likeness (QED) is 0.0637. The zero-order chi connectivity index (χ0) is 32.3. The number of thiophene rings is 3. The predicted molar refractivity (Wildman–Crippen MR) is 203 cm³/mol. The molecule has 4 heterocycles. The van der Waals surface area contributed by atoms with Gasteiger partial charge >= 0.3 is 0 Å². The summed E-state index contributed by atoms with van der Waals surface area (Å²) in [6.07, 6.45) is 24.0. The molecule has 3 aliphatic rings. The molecule has 0 atom stereocenters. The van der Waals surface area contributed by atoms with E-state index in [2.05, 4.69) is 5.73 Å². The van der Waals surface area contributed by atoms with Crippen molar-refractivity contribution < 1.29 is 36.0 Å². The van der Waals surface area contributed by atoms with Crippen LogP contribution in [0, 0.1) is 18.6 Å². The maximum absolute atomic E-state index is 13.1. The van der Waals surface area contributed by atoms with Crippen LogP contribution >= 0.6 is 92.2 Å². The van der Waals surface area contributed by atoms with E-state index in [1.165, 1.54) is 11.3 Å². The van der Waals surface area contributed by atoms with Crippen molar-refractivity contribution in [3.05, 3.63) is 177 Å². The average Bonchev–Trinajstić information content (AvgIpc) is 3.92. The first-order valence-corrected chi connectivity index (χ1v) is 18.6. The molecule has 2 nitrogen and oxygen atoms in total. The maximum atomic E-state index is 13.1. The van der Waals surface area contributed by atoms with Gasteiger partial charge in [0, 0.05) is 60.1 Å². The number of ether oxygens (including phenoxy) is 1. The minimum Gasteiger partial charge on any atom is -0.869 e. The van der Waals surface area contributed by atoms with Gasteiger partial charge in [-0.1, -0.05) is 125 Å². The molecule has 3 radical (unpaired) electrons. The van der Waals surface area contributed by atoms with Crippen LogP contribution in [0.3, 0.4) is 0 Å². The van der Waals surface area contributed by atoms with E-state index >= 15 is 0 Å². The fourth-order valence-corrected chi connectivity index (χ4v) is 7.66. The standard InChI is InChI=1S/C26H13Cl4O2S4.2C5H5.Zr/c27-20-21(28)23(30)26(24(31)22(20)29)32-25(18-8-4-12-36-18)19(17-7-3-11-35-17)15(16-6-2-10-34-16)13-14-5-1-9-33-14;2*1-2-4-5-3-1;/h1-12,31H;2*1-5H;/p-1/b25-19+;;;. The molecule has 0 N–H and O–H groups in total. The van der Waals surface area contributed by atoms with E-state index in [-0.39, 0.29) is 52.0 Å².